The number of aryl methyl sites for hydroxylation is 1. The second-order valence-electron chi connectivity index (χ2n) is 6.23. The minimum absolute atomic E-state index is 0.0251. The standard InChI is InChI=1S/C16H20N4S/c1-11-19-14-6-5-13(7-15(14)21-11)17-8-12-9-18-20(10-12)16(2,3)4/h5-7,9-10,17H,8H2,1-4H3. The van der Waals surface area contributed by atoms with Gasteiger partial charge in [-0.3, -0.25) is 4.68 Å². The minimum atomic E-state index is 0.0251. The van der Waals surface area contributed by atoms with Crippen LogP contribution in [0.3, 0.4) is 0 Å². The number of hydrogen-bond donors (Lipinski definition) is 1. The highest BCUT2D eigenvalue weighted by molar-refractivity contribution is 7.18. The maximum atomic E-state index is 4.48. The molecule has 2 aromatic heterocycles. The fourth-order valence-corrected chi connectivity index (χ4v) is 3.04. The molecule has 1 aromatic carbocycles. The van der Waals surface area contributed by atoms with E-state index in [9.17, 15) is 0 Å². The number of thiazole rings is 1. The van der Waals surface area contributed by atoms with Gasteiger partial charge in [0.25, 0.3) is 0 Å². The first-order chi connectivity index (χ1) is 9.91. The van der Waals surface area contributed by atoms with Crippen molar-refractivity contribution in [2.24, 2.45) is 0 Å². The number of aromatic nitrogens is 3. The average molecular weight is 300 g/mol. The smallest absolute Gasteiger partial charge is 0.0907 e. The molecule has 0 amide bonds. The van der Waals surface area contributed by atoms with Crippen molar-refractivity contribution >= 4 is 27.2 Å². The first-order valence-electron chi connectivity index (χ1n) is 7.07. The molecule has 5 heteroatoms. The molecule has 0 spiro atoms. The zero-order valence-corrected chi connectivity index (χ0v) is 13.7. The molecular weight excluding hydrogens is 280 g/mol. The molecule has 0 radical (unpaired) electrons. The van der Waals surface area contributed by atoms with Crippen molar-refractivity contribution in [2.45, 2.75) is 39.8 Å². The van der Waals surface area contributed by atoms with Gasteiger partial charge in [-0.2, -0.15) is 5.10 Å². The van der Waals surface area contributed by atoms with Gasteiger partial charge < -0.3 is 5.32 Å². The molecule has 21 heavy (non-hydrogen) atoms. The Morgan fingerprint density at radius 3 is 2.81 bits per heavy atom. The zero-order chi connectivity index (χ0) is 15.0. The summed E-state index contributed by atoms with van der Waals surface area (Å²) in [4.78, 5) is 4.48. The van der Waals surface area contributed by atoms with Crippen LogP contribution in [0.4, 0.5) is 5.69 Å². The lowest BCUT2D eigenvalue weighted by atomic mass is 10.1. The molecule has 0 aliphatic heterocycles. The summed E-state index contributed by atoms with van der Waals surface area (Å²) < 4.78 is 3.22. The Morgan fingerprint density at radius 1 is 1.29 bits per heavy atom. The predicted molar refractivity (Wildman–Crippen MR) is 88.9 cm³/mol. The summed E-state index contributed by atoms with van der Waals surface area (Å²) in [6, 6.07) is 6.31. The average Bonchev–Trinajstić information content (AvgIpc) is 3.00. The van der Waals surface area contributed by atoms with Crippen LogP contribution in [0.2, 0.25) is 0 Å². The third kappa shape index (κ3) is 3.08. The molecule has 1 N–H and O–H groups in total. The third-order valence-corrected chi connectivity index (χ3v) is 4.25. The second kappa shape index (κ2) is 5.15. The Bertz CT molecular complexity index is 764. The molecule has 0 aliphatic rings. The van der Waals surface area contributed by atoms with E-state index in [1.807, 2.05) is 17.8 Å². The SMILES string of the molecule is Cc1nc2ccc(NCc3cnn(C(C)(C)C)c3)cc2s1. The number of nitrogens with zero attached hydrogens (tertiary/aromatic N) is 3. The van der Waals surface area contributed by atoms with Crippen LogP contribution in [0.25, 0.3) is 10.2 Å². The fraction of sp³-hybridized carbons (Fsp3) is 0.375. The lowest BCUT2D eigenvalue weighted by Gasteiger charge is -2.18. The summed E-state index contributed by atoms with van der Waals surface area (Å²) in [6.45, 7) is 9.27. The molecule has 0 bridgehead atoms. The fourth-order valence-electron chi connectivity index (χ4n) is 2.17. The number of hydrogen-bond acceptors (Lipinski definition) is 4. The van der Waals surface area contributed by atoms with Crippen LogP contribution >= 0.6 is 11.3 Å². The third-order valence-electron chi connectivity index (χ3n) is 3.32. The molecular formula is C16H20N4S. The summed E-state index contributed by atoms with van der Waals surface area (Å²) in [7, 11) is 0. The highest BCUT2D eigenvalue weighted by Gasteiger charge is 2.13. The molecule has 0 saturated heterocycles. The first-order valence-corrected chi connectivity index (χ1v) is 7.88. The van der Waals surface area contributed by atoms with E-state index in [1.54, 1.807) is 11.3 Å². The summed E-state index contributed by atoms with van der Waals surface area (Å²) in [5.74, 6) is 0. The van der Waals surface area contributed by atoms with Crippen molar-refractivity contribution in [3.05, 3.63) is 41.2 Å². The Kier molecular flexibility index (Phi) is 3.45. The molecule has 3 rings (SSSR count). The Labute approximate surface area is 128 Å². The van der Waals surface area contributed by atoms with Gasteiger partial charge >= 0.3 is 0 Å². The molecule has 0 unspecified atom stereocenters. The lowest BCUT2D eigenvalue weighted by Crippen LogP contribution is -2.21. The highest BCUT2D eigenvalue weighted by Crippen LogP contribution is 2.25. The van der Waals surface area contributed by atoms with Gasteiger partial charge in [-0.15, -0.1) is 11.3 Å². The number of nitrogens with one attached hydrogen (secondary N) is 1. The van der Waals surface area contributed by atoms with Crippen LogP contribution in [0.15, 0.2) is 30.6 Å². The van der Waals surface area contributed by atoms with Crippen molar-refractivity contribution in [3.63, 3.8) is 0 Å². The summed E-state index contributed by atoms with van der Waals surface area (Å²) in [5, 5.41) is 8.98. The van der Waals surface area contributed by atoms with Crippen LogP contribution in [-0.4, -0.2) is 14.8 Å². The Hall–Kier alpha value is -1.88. The van der Waals surface area contributed by atoms with Crippen molar-refractivity contribution in [1.82, 2.24) is 14.8 Å². The number of rotatable bonds is 3. The molecule has 110 valence electrons. The lowest BCUT2D eigenvalue weighted by molar-refractivity contribution is 0.355. The quantitative estimate of drug-likeness (QED) is 0.789. The predicted octanol–water partition coefficient (Wildman–Crippen LogP) is 4.17. The number of anilines is 1. The van der Waals surface area contributed by atoms with Gasteiger partial charge in [0.05, 0.1) is 27.0 Å². The molecule has 3 aromatic rings. The van der Waals surface area contributed by atoms with Crippen molar-refractivity contribution in [1.29, 1.82) is 0 Å². The van der Waals surface area contributed by atoms with E-state index in [1.165, 1.54) is 10.3 Å². The summed E-state index contributed by atoms with van der Waals surface area (Å²) in [6.07, 6.45) is 4.02. The maximum absolute atomic E-state index is 4.48. The number of fused-ring (bicyclic) bond motifs is 1. The van der Waals surface area contributed by atoms with Crippen LogP contribution in [0.1, 0.15) is 31.3 Å². The van der Waals surface area contributed by atoms with Gasteiger partial charge in [-0.05, 0) is 45.9 Å². The molecule has 2 heterocycles. The van der Waals surface area contributed by atoms with E-state index in [0.29, 0.717) is 0 Å². The summed E-state index contributed by atoms with van der Waals surface area (Å²) >= 11 is 1.73. The van der Waals surface area contributed by atoms with Crippen molar-refractivity contribution in [3.8, 4) is 0 Å². The van der Waals surface area contributed by atoms with Crippen LogP contribution in [-0.2, 0) is 12.1 Å². The molecule has 0 atom stereocenters. The Morgan fingerprint density at radius 2 is 2.10 bits per heavy atom. The number of benzene rings is 1. The monoisotopic (exact) mass is 300 g/mol. The molecule has 0 fully saturated rings. The maximum Gasteiger partial charge on any atom is 0.0907 e. The van der Waals surface area contributed by atoms with Crippen LogP contribution in [0, 0.1) is 6.92 Å². The summed E-state index contributed by atoms with van der Waals surface area (Å²) in [5.41, 5.74) is 3.40. The van der Waals surface area contributed by atoms with Gasteiger partial charge in [0.15, 0.2) is 0 Å². The normalized spacial score (nSPS) is 12.0. The van der Waals surface area contributed by atoms with E-state index in [2.05, 4.69) is 60.6 Å². The zero-order valence-electron chi connectivity index (χ0n) is 12.8. The van der Waals surface area contributed by atoms with Gasteiger partial charge in [0.2, 0.25) is 0 Å². The van der Waals surface area contributed by atoms with Crippen LogP contribution in [0.5, 0.6) is 0 Å². The van der Waals surface area contributed by atoms with Gasteiger partial charge in [0.1, 0.15) is 0 Å². The van der Waals surface area contributed by atoms with E-state index in [0.717, 1.165) is 22.8 Å². The largest absolute Gasteiger partial charge is 0.381 e. The van der Waals surface area contributed by atoms with Crippen molar-refractivity contribution in [2.75, 3.05) is 5.32 Å². The Balaban J connectivity index is 1.72. The second-order valence-corrected chi connectivity index (χ2v) is 7.47. The molecule has 4 nitrogen and oxygen atoms in total. The first kappa shape index (κ1) is 14.1. The molecule has 0 saturated carbocycles. The minimum Gasteiger partial charge on any atom is -0.381 e. The topological polar surface area (TPSA) is 42.7 Å². The van der Waals surface area contributed by atoms with E-state index < -0.39 is 0 Å². The highest BCUT2D eigenvalue weighted by atomic mass is 32.1. The van der Waals surface area contributed by atoms with E-state index in [-0.39, 0.29) is 5.54 Å². The molecule has 0 aliphatic carbocycles. The van der Waals surface area contributed by atoms with Crippen LogP contribution < -0.4 is 5.32 Å². The van der Waals surface area contributed by atoms with E-state index >= 15 is 0 Å². The van der Waals surface area contributed by atoms with Gasteiger partial charge in [-0.1, -0.05) is 0 Å². The van der Waals surface area contributed by atoms with Gasteiger partial charge in [-0.25, -0.2) is 4.98 Å². The van der Waals surface area contributed by atoms with E-state index in [4.69, 9.17) is 0 Å². The van der Waals surface area contributed by atoms with Crippen molar-refractivity contribution < 1.29 is 0 Å². The van der Waals surface area contributed by atoms with Gasteiger partial charge in [0, 0.05) is 24.0 Å².